The third kappa shape index (κ3) is 12.4. The SMILES string of the molecule is CCn1c(CNC(=O)c2nc3cc[nH]c3nc2N)[n+](CC)c2ccc(-c3cnn(C4CCN(C[C@H](O)[C@@H](O)[C@H](O)[C@H](O)CO)CC4)c3)cc21.O=C(O)C(F)(F)F.O=C([O-])C(F)(F)F. The lowest BCUT2D eigenvalue weighted by atomic mass is 10.0. The number of H-pyrrole nitrogens is 1. The summed E-state index contributed by atoms with van der Waals surface area (Å²) in [5.41, 5.74) is 11.3. The predicted octanol–water partition coefficient (Wildman–Crippen LogP) is -0.380. The van der Waals surface area contributed by atoms with Crippen LogP contribution in [-0.2, 0) is 29.2 Å². The molecule has 1 aromatic carbocycles. The van der Waals surface area contributed by atoms with Crippen molar-refractivity contribution in [2.24, 2.45) is 0 Å². The maximum absolute atomic E-state index is 13.2. The second kappa shape index (κ2) is 21.0. The highest BCUT2D eigenvalue weighted by molar-refractivity contribution is 5.98. The number of carboxylic acids is 2. The molecule has 346 valence electrons. The van der Waals surface area contributed by atoms with Gasteiger partial charge in [-0.2, -0.15) is 31.4 Å². The average molecular weight is 905 g/mol. The molecule has 0 saturated carbocycles. The number of carboxylic acid groups (broad SMARTS) is 2. The Morgan fingerprint density at radius 3 is 2.16 bits per heavy atom. The topological polar surface area (TPSA) is 305 Å². The van der Waals surface area contributed by atoms with Gasteiger partial charge in [-0.3, -0.25) is 9.48 Å². The molecule has 4 aromatic heterocycles. The van der Waals surface area contributed by atoms with Gasteiger partial charge in [0.25, 0.3) is 11.7 Å². The summed E-state index contributed by atoms with van der Waals surface area (Å²) in [4.78, 5) is 44.4. The van der Waals surface area contributed by atoms with Crippen LogP contribution in [0.2, 0.25) is 0 Å². The maximum atomic E-state index is 13.2. The lowest BCUT2D eigenvalue weighted by Crippen LogP contribution is -2.50. The molecule has 1 amide bonds. The highest BCUT2D eigenvalue weighted by atomic mass is 19.4. The van der Waals surface area contributed by atoms with Gasteiger partial charge in [0.15, 0.2) is 28.2 Å². The largest absolute Gasteiger partial charge is 0.542 e. The van der Waals surface area contributed by atoms with Gasteiger partial charge in [0.2, 0.25) is 0 Å². The molecular formula is C37H46F6N10O10. The van der Waals surface area contributed by atoms with E-state index in [1.54, 1.807) is 12.3 Å². The average Bonchev–Trinajstić information content (AvgIpc) is 3.99. The number of benzene rings is 1. The van der Waals surface area contributed by atoms with E-state index in [9.17, 15) is 51.6 Å². The number of aliphatic carboxylic acids is 2. The Bertz CT molecular complexity index is 2320. The molecule has 0 bridgehead atoms. The zero-order valence-electron chi connectivity index (χ0n) is 33.6. The van der Waals surface area contributed by atoms with Crippen molar-refractivity contribution in [1.82, 2.24) is 39.5 Å². The first-order valence-corrected chi connectivity index (χ1v) is 19.1. The Labute approximate surface area is 352 Å². The van der Waals surface area contributed by atoms with E-state index in [2.05, 4.69) is 66.5 Å². The van der Waals surface area contributed by atoms with Crippen LogP contribution in [0.3, 0.4) is 0 Å². The van der Waals surface area contributed by atoms with Gasteiger partial charge in [-0.05, 0) is 56.5 Å². The Morgan fingerprint density at radius 2 is 1.60 bits per heavy atom. The lowest BCUT2D eigenvalue weighted by molar-refractivity contribution is -0.676. The maximum Gasteiger partial charge on any atom is 0.490 e. The Kier molecular flexibility index (Phi) is 16.5. The van der Waals surface area contributed by atoms with Crippen molar-refractivity contribution in [2.75, 3.05) is 32.0 Å². The van der Waals surface area contributed by atoms with Crippen LogP contribution in [0.1, 0.15) is 49.0 Å². The predicted molar refractivity (Wildman–Crippen MR) is 205 cm³/mol. The van der Waals surface area contributed by atoms with Crippen LogP contribution in [0, 0.1) is 0 Å². The van der Waals surface area contributed by atoms with Crippen molar-refractivity contribution in [3.8, 4) is 11.1 Å². The molecule has 5 heterocycles. The van der Waals surface area contributed by atoms with Gasteiger partial charge in [-0.1, -0.05) is 0 Å². The zero-order valence-corrected chi connectivity index (χ0v) is 33.6. The summed E-state index contributed by atoms with van der Waals surface area (Å²) in [6.07, 6.45) is -9.09. The van der Waals surface area contributed by atoms with Crippen LogP contribution in [0.4, 0.5) is 32.2 Å². The Hall–Kier alpha value is -5.93. The van der Waals surface area contributed by atoms with Crippen LogP contribution >= 0.6 is 0 Å². The number of fused-ring (bicyclic) bond motifs is 2. The number of aryl methyl sites for hydroxylation is 2. The number of alkyl halides is 6. The fraction of sp³-hybridized carbons (Fsp3) is 0.486. The molecule has 5 aromatic rings. The van der Waals surface area contributed by atoms with Crippen LogP contribution in [0.25, 0.3) is 33.3 Å². The summed E-state index contributed by atoms with van der Waals surface area (Å²) in [6, 6.07) is 8.23. The number of piperidine rings is 1. The molecule has 1 aliphatic heterocycles. The van der Waals surface area contributed by atoms with E-state index in [1.165, 1.54) is 0 Å². The van der Waals surface area contributed by atoms with E-state index in [0.717, 1.165) is 40.8 Å². The van der Waals surface area contributed by atoms with E-state index < -0.39 is 61.2 Å². The number of anilines is 1. The fourth-order valence-electron chi connectivity index (χ4n) is 6.75. The molecule has 0 spiro atoms. The number of nitrogen functional groups attached to an aromatic ring is 1. The van der Waals surface area contributed by atoms with E-state index in [1.807, 2.05) is 22.0 Å². The van der Waals surface area contributed by atoms with Gasteiger partial charge < -0.3 is 61.5 Å². The van der Waals surface area contributed by atoms with Crippen LogP contribution in [0.15, 0.2) is 42.9 Å². The number of hydrogen-bond acceptors (Lipinski definition) is 14. The van der Waals surface area contributed by atoms with Crippen molar-refractivity contribution in [3.63, 3.8) is 0 Å². The number of β-amino-alcohol motifs (C(OH)–C–C–N with tert-alkyl or cyclic N) is 1. The molecule has 1 fully saturated rings. The molecule has 4 atom stereocenters. The van der Waals surface area contributed by atoms with E-state index in [-0.39, 0.29) is 30.6 Å². The van der Waals surface area contributed by atoms with Crippen LogP contribution < -0.4 is 20.7 Å². The number of carbonyl (C=O) groups is 3. The summed E-state index contributed by atoms with van der Waals surface area (Å²) in [5, 5.41) is 72.7. The van der Waals surface area contributed by atoms with Gasteiger partial charge in [-0.25, -0.2) is 23.9 Å². The van der Waals surface area contributed by atoms with Crippen LogP contribution in [-0.4, -0.2) is 146 Å². The monoisotopic (exact) mass is 904 g/mol. The molecule has 20 nitrogen and oxygen atoms in total. The quantitative estimate of drug-likeness (QED) is 0.0538. The zero-order chi connectivity index (χ0) is 47.0. The summed E-state index contributed by atoms with van der Waals surface area (Å²) in [5.74, 6) is -5.15. The van der Waals surface area contributed by atoms with Crippen LogP contribution in [0.5, 0.6) is 0 Å². The molecule has 0 aliphatic carbocycles. The summed E-state index contributed by atoms with van der Waals surface area (Å²) >= 11 is 0. The van der Waals surface area contributed by atoms with Gasteiger partial charge in [0.05, 0.1) is 38.0 Å². The normalized spacial score (nSPS) is 15.8. The number of carbonyl (C=O) groups excluding carboxylic acids is 2. The molecule has 0 unspecified atom stereocenters. The summed E-state index contributed by atoms with van der Waals surface area (Å²) in [7, 11) is 0. The van der Waals surface area contributed by atoms with E-state index in [4.69, 9.17) is 30.6 Å². The number of aromatic amines is 1. The number of aliphatic hydroxyl groups excluding tert-OH is 5. The molecular weight excluding hydrogens is 858 g/mol. The number of hydrogen-bond donors (Lipinski definition) is 9. The Balaban J connectivity index is 0.000000537. The second-order valence-corrected chi connectivity index (χ2v) is 14.1. The van der Waals surface area contributed by atoms with Crippen molar-refractivity contribution in [2.45, 2.75) is 89.1 Å². The second-order valence-electron chi connectivity index (χ2n) is 14.1. The summed E-state index contributed by atoms with van der Waals surface area (Å²) in [6.45, 7) is 6.58. The number of likely N-dealkylation sites (tertiary alicyclic amines) is 1. The Morgan fingerprint density at radius 1 is 0.984 bits per heavy atom. The fourth-order valence-corrected chi connectivity index (χ4v) is 6.75. The number of amides is 1. The van der Waals surface area contributed by atoms with Crippen molar-refractivity contribution < 1.29 is 81.0 Å². The van der Waals surface area contributed by atoms with Gasteiger partial charge in [0, 0.05) is 37.6 Å². The molecule has 26 heteroatoms. The minimum atomic E-state index is -5.19. The van der Waals surface area contributed by atoms with Gasteiger partial charge in [-0.15, -0.1) is 0 Å². The summed E-state index contributed by atoms with van der Waals surface area (Å²) < 4.78 is 69.7. The number of halogens is 6. The number of nitrogens with zero attached hydrogens (tertiary/aromatic N) is 7. The first-order valence-electron chi connectivity index (χ1n) is 19.1. The molecule has 0 radical (unpaired) electrons. The molecule has 63 heavy (non-hydrogen) atoms. The van der Waals surface area contributed by atoms with Crippen molar-refractivity contribution in [3.05, 3.63) is 54.4 Å². The third-order valence-electron chi connectivity index (χ3n) is 9.96. The molecule has 1 saturated heterocycles. The number of nitrogens with one attached hydrogen (secondary N) is 2. The van der Waals surface area contributed by atoms with Crippen molar-refractivity contribution >= 4 is 45.9 Å². The van der Waals surface area contributed by atoms with Crippen molar-refractivity contribution in [1.29, 1.82) is 0 Å². The molecule has 6 rings (SSSR count). The first-order chi connectivity index (χ1) is 29.5. The third-order valence-corrected chi connectivity index (χ3v) is 9.96. The number of imidazole rings is 1. The number of rotatable bonds is 13. The lowest BCUT2D eigenvalue weighted by Gasteiger charge is -2.35. The molecule has 10 N–H and O–H groups in total. The first kappa shape index (κ1) is 49.7. The number of nitrogens with two attached hydrogens (primary N) is 1. The molecule has 1 aliphatic rings. The van der Waals surface area contributed by atoms with E-state index >= 15 is 0 Å². The highest BCUT2D eigenvalue weighted by Crippen LogP contribution is 2.28. The standard InChI is InChI=1S/C33H44N10O6.2C2HF3O2/c1-3-41-23-6-5-19(13-24(23)42(4-2)27(41)15-36-33(49)28-31(34)39-32-22(38-28)7-10-35-32)20-14-37-43(16-20)21-8-11-40(12-9-21)17-25(45)29(47)30(48)26(46)18-44;2*3-2(4,5)1(6)7/h5-7,10,13-14,16,21,25-26,29-30,44-48H,3-4,8-9,11-12,15,17-18H2,1-2H3,(H3-,34,35,36,38,39,49);2*(H,6,7)/t25-,26+,29+,30+;;/m0../s1. The van der Waals surface area contributed by atoms with Gasteiger partial charge in [0.1, 0.15) is 36.3 Å². The smallest absolute Gasteiger partial charge is 0.490 e. The number of aliphatic hydroxyl groups is 5. The van der Waals surface area contributed by atoms with Gasteiger partial charge >= 0.3 is 18.3 Å². The minimum Gasteiger partial charge on any atom is -0.542 e. The minimum absolute atomic E-state index is 0.0637. The highest BCUT2D eigenvalue weighted by Gasteiger charge is 2.38. The van der Waals surface area contributed by atoms with E-state index in [0.29, 0.717) is 37.3 Å². The number of aromatic nitrogens is 7.